The number of nitrogens with one attached hydrogen (secondary N) is 1. The number of hydrogen-bond acceptors (Lipinski definition) is 3. The van der Waals surface area contributed by atoms with Crippen molar-refractivity contribution in [2.45, 2.75) is 26.7 Å². The predicted octanol–water partition coefficient (Wildman–Crippen LogP) is 6.65. The fourth-order valence-corrected chi connectivity index (χ4v) is 4.01. The number of ether oxygens (including phenoxy) is 1. The van der Waals surface area contributed by atoms with Crippen LogP contribution in [0.4, 0.5) is 11.4 Å². The summed E-state index contributed by atoms with van der Waals surface area (Å²) in [5, 5.41) is 4.94. The second kappa shape index (κ2) is 10.9. The van der Waals surface area contributed by atoms with Gasteiger partial charge in [0, 0.05) is 23.2 Å². The monoisotopic (exact) mass is 466 g/mol. The van der Waals surface area contributed by atoms with Crippen molar-refractivity contribution < 1.29 is 14.3 Å². The van der Waals surface area contributed by atoms with E-state index in [0.717, 1.165) is 16.5 Å². The molecule has 0 aliphatic carbocycles. The molecule has 1 N–H and O–H groups in total. The van der Waals surface area contributed by atoms with Crippen molar-refractivity contribution in [2.24, 2.45) is 0 Å². The molecule has 0 heterocycles. The molecule has 0 bridgehead atoms. The van der Waals surface area contributed by atoms with Crippen molar-refractivity contribution in [2.75, 3.05) is 23.4 Å². The summed E-state index contributed by atoms with van der Waals surface area (Å²) in [6, 6.07) is 28.7. The minimum Gasteiger partial charge on any atom is -0.484 e. The third-order valence-corrected chi connectivity index (χ3v) is 5.95. The van der Waals surface area contributed by atoms with Crippen LogP contribution in [0.25, 0.3) is 10.8 Å². The molecule has 0 fully saturated rings. The zero-order chi connectivity index (χ0) is 24.8. The van der Waals surface area contributed by atoms with E-state index in [-0.39, 0.29) is 18.4 Å². The second-order valence-corrected chi connectivity index (χ2v) is 8.69. The standard InChI is InChI=1S/C30H30N2O3/c1-4-32(28-11-7-9-23-8-5-6-10-27(23)28)30(34)24-12-16-25(17-13-24)31-29(33)20-35-26-18-14-22(15-19-26)21(2)3/h5-19,21H,4,20H2,1-3H3,(H,31,33). The molecular formula is C30H30N2O3. The highest BCUT2D eigenvalue weighted by molar-refractivity contribution is 6.11. The minimum absolute atomic E-state index is 0.0880. The van der Waals surface area contributed by atoms with Gasteiger partial charge in [0.2, 0.25) is 0 Å². The second-order valence-electron chi connectivity index (χ2n) is 8.69. The number of fused-ring (bicyclic) bond motifs is 1. The summed E-state index contributed by atoms with van der Waals surface area (Å²) >= 11 is 0. The molecule has 0 aliphatic rings. The van der Waals surface area contributed by atoms with Gasteiger partial charge in [-0.15, -0.1) is 0 Å². The van der Waals surface area contributed by atoms with E-state index in [1.54, 1.807) is 29.2 Å². The molecule has 5 heteroatoms. The Morgan fingerprint density at radius 3 is 2.23 bits per heavy atom. The van der Waals surface area contributed by atoms with E-state index in [9.17, 15) is 9.59 Å². The highest BCUT2D eigenvalue weighted by Gasteiger charge is 2.18. The van der Waals surface area contributed by atoms with Crippen LogP contribution in [0.3, 0.4) is 0 Å². The first kappa shape index (κ1) is 24.0. The molecule has 0 saturated carbocycles. The lowest BCUT2D eigenvalue weighted by molar-refractivity contribution is -0.118. The van der Waals surface area contributed by atoms with E-state index in [1.807, 2.05) is 73.7 Å². The highest BCUT2D eigenvalue weighted by atomic mass is 16.5. The van der Waals surface area contributed by atoms with Gasteiger partial charge < -0.3 is 15.0 Å². The number of anilines is 2. The number of benzene rings is 4. The van der Waals surface area contributed by atoms with Gasteiger partial charge in [0.25, 0.3) is 11.8 Å². The molecule has 0 aromatic heterocycles. The Morgan fingerprint density at radius 1 is 0.857 bits per heavy atom. The molecule has 0 radical (unpaired) electrons. The van der Waals surface area contributed by atoms with Gasteiger partial charge in [-0.3, -0.25) is 9.59 Å². The maximum atomic E-state index is 13.3. The quantitative estimate of drug-likeness (QED) is 0.316. The van der Waals surface area contributed by atoms with Crippen LogP contribution in [0.1, 0.15) is 42.6 Å². The SMILES string of the molecule is CCN(C(=O)c1ccc(NC(=O)COc2ccc(C(C)C)cc2)cc1)c1cccc2ccccc12. The van der Waals surface area contributed by atoms with Gasteiger partial charge in [0.1, 0.15) is 5.75 Å². The number of amides is 2. The molecule has 0 aliphatic heterocycles. The molecule has 178 valence electrons. The molecular weight excluding hydrogens is 436 g/mol. The van der Waals surface area contributed by atoms with Crippen molar-refractivity contribution in [3.8, 4) is 5.75 Å². The Bertz CT molecular complexity index is 1310. The van der Waals surface area contributed by atoms with Crippen molar-refractivity contribution in [3.63, 3.8) is 0 Å². The zero-order valence-electron chi connectivity index (χ0n) is 20.3. The Hall–Kier alpha value is -4.12. The molecule has 35 heavy (non-hydrogen) atoms. The number of rotatable bonds is 8. The first-order valence-electron chi connectivity index (χ1n) is 11.9. The van der Waals surface area contributed by atoms with Gasteiger partial charge in [-0.1, -0.05) is 62.4 Å². The van der Waals surface area contributed by atoms with Crippen LogP contribution in [0.5, 0.6) is 5.75 Å². The Labute approximate surface area is 206 Å². The smallest absolute Gasteiger partial charge is 0.262 e. The molecule has 0 atom stereocenters. The third kappa shape index (κ3) is 5.69. The zero-order valence-corrected chi connectivity index (χ0v) is 20.3. The van der Waals surface area contributed by atoms with Crippen LogP contribution in [0.2, 0.25) is 0 Å². The van der Waals surface area contributed by atoms with E-state index in [2.05, 4.69) is 19.2 Å². The maximum Gasteiger partial charge on any atom is 0.262 e. The minimum atomic E-state index is -0.261. The molecule has 4 aromatic rings. The van der Waals surface area contributed by atoms with Gasteiger partial charge in [0.05, 0.1) is 5.69 Å². The van der Waals surface area contributed by atoms with Crippen LogP contribution in [0.15, 0.2) is 91.0 Å². The van der Waals surface area contributed by atoms with Gasteiger partial charge >= 0.3 is 0 Å². The van der Waals surface area contributed by atoms with Crippen molar-refractivity contribution in [1.29, 1.82) is 0 Å². The third-order valence-electron chi connectivity index (χ3n) is 5.95. The van der Waals surface area contributed by atoms with Gasteiger partial charge in [-0.05, 0) is 66.3 Å². The number of hydrogen-bond donors (Lipinski definition) is 1. The summed E-state index contributed by atoms with van der Waals surface area (Å²) in [5.41, 5.74) is 3.27. The van der Waals surface area contributed by atoms with E-state index < -0.39 is 0 Å². The number of carbonyl (C=O) groups excluding carboxylic acids is 2. The van der Waals surface area contributed by atoms with Crippen molar-refractivity contribution in [1.82, 2.24) is 0 Å². The Kier molecular flexibility index (Phi) is 7.46. The van der Waals surface area contributed by atoms with E-state index in [0.29, 0.717) is 29.5 Å². The normalized spacial score (nSPS) is 10.9. The first-order chi connectivity index (χ1) is 17.0. The molecule has 0 unspecified atom stereocenters. The highest BCUT2D eigenvalue weighted by Crippen LogP contribution is 2.28. The van der Waals surface area contributed by atoms with Crippen molar-refractivity contribution >= 4 is 34.0 Å². The Morgan fingerprint density at radius 2 is 1.54 bits per heavy atom. The molecule has 0 saturated heterocycles. The van der Waals surface area contributed by atoms with E-state index >= 15 is 0 Å². The van der Waals surface area contributed by atoms with Crippen LogP contribution in [0, 0.1) is 0 Å². The van der Waals surface area contributed by atoms with Crippen LogP contribution < -0.4 is 15.0 Å². The topological polar surface area (TPSA) is 58.6 Å². The summed E-state index contributed by atoms with van der Waals surface area (Å²) in [4.78, 5) is 27.4. The lowest BCUT2D eigenvalue weighted by Gasteiger charge is -2.23. The predicted molar refractivity (Wildman–Crippen MR) is 142 cm³/mol. The molecule has 5 nitrogen and oxygen atoms in total. The molecule has 0 spiro atoms. The summed E-state index contributed by atoms with van der Waals surface area (Å²) in [7, 11) is 0. The van der Waals surface area contributed by atoms with E-state index in [1.165, 1.54) is 5.56 Å². The summed E-state index contributed by atoms with van der Waals surface area (Å²) in [6.45, 7) is 6.68. The molecule has 4 rings (SSSR count). The summed E-state index contributed by atoms with van der Waals surface area (Å²) in [6.07, 6.45) is 0. The summed E-state index contributed by atoms with van der Waals surface area (Å²) < 4.78 is 5.59. The lowest BCUT2D eigenvalue weighted by Crippen LogP contribution is -2.30. The Balaban J connectivity index is 1.39. The maximum absolute atomic E-state index is 13.3. The number of nitrogens with zero attached hydrogens (tertiary/aromatic N) is 1. The molecule has 4 aromatic carbocycles. The summed E-state index contributed by atoms with van der Waals surface area (Å²) in [5.74, 6) is 0.745. The number of carbonyl (C=O) groups is 2. The van der Waals surface area contributed by atoms with Crippen LogP contribution >= 0.6 is 0 Å². The molecule has 2 amide bonds. The van der Waals surface area contributed by atoms with Gasteiger partial charge in [-0.25, -0.2) is 0 Å². The average Bonchev–Trinajstić information content (AvgIpc) is 2.88. The van der Waals surface area contributed by atoms with Crippen molar-refractivity contribution in [3.05, 3.63) is 102 Å². The average molecular weight is 467 g/mol. The van der Waals surface area contributed by atoms with E-state index in [4.69, 9.17) is 4.74 Å². The lowest BCUT2D eigenvalue weighted by atomic mass is 10.0. The largest absolute Gasteiger partial charge is 0.484 e. The van der Waals surface area contributed by atoms with Gasteiger partial charge in [-0.2, -0.15) is 0 Å². The first-order valence-corrected chi connectivity index (χ1v) is 11.9. The van der Waals surface area contributed by atoms with Crippen LogP contribution in [-0.4, -0.2) is 25.0 Å². The van der Waals surface area contributed by atoms with Gasteiger partial charge in [0.15, 0.2) is 6.61 Å². The van der Waals surface area contributed by atoms with Crippen LogP contribution in [-0.2, 0) is 4.79 Å². The fraction of sp³-hybridized carbons (Fsp3) is 0.200. The fourth-order valence-electron chi connectivity index (χ4n) is 4.01.